The molecule has 0 unspecified atom stereocenters. The number of aliphatic hydroxyl groups is 1. The zero-order valence-electron chi connectivity index (χ0n) is 20.8. The molecule has 3 atom stereocenters. The summed E-state index contributed by atoms with van der Waals surface area (Å²) < 4.78 is 5.70. The number of carbonyl (C=O) groups excluding carboxylic acids is 2. The normalized spacial score (nSPS) is 22.1. The van der Waals surface area contributed by atoms with Crippen molar-refractivity contribution < 1.29 is 19.4 Å². The molecule has 2 amide bonds. The van der Waals surface area contributed by atoms with Crippen molar-refractivity contribution in [1.29, 1.82) is 0 Å². The number of β-amino-alcohol motifs (C(OH)–C–C–N with tert-alkyl or cyclic N) is 1. The fraction of sp³-hybridized carbons (Fsp3) is 0.267. The number of nitrogens with zero attached hydrogens (tertiary/aromatic N) is 2. The number of hydrogen-bond donors (Lipinski definition) is 2. The van der Waals surface area contributed by atoms with E-state index in [1.807, 2.05) is 79.7 Å². The number of fused-ring (bicyclic) bond motifs is 5. The number of para-hydroxylation sites is 2. The van der Waals surface area contributed by atoms with E-state index in [4.69, 9.17) is 4.74 Å². The SMILES string of the molecule is COc1ccccc1[C@@H]1CN2C(=O)CN(C[C@H](O)c3ccccc3)C(=O)[C@]2(C)c2[nH]c3ccccc3c21. The van der Waals surface area contributed by atoms with Gasteiger partial charge in [-0.2, -0.15) is 0 Å². The highest BCUT2D eigenvalue weighted by Gasteiger charge is 2.56. The van der Waals surface area contributed by atoms with Crippen LogP contribution in [-0.4, -0.2) is 58.4 Å². The number of aromatic nitrogens is 1. The minimum Gasteiger partial charge on any atom is -0.496 e. The highest BCUT2D eigenvalue weighted by atomic mass is 16.5. The molecule has 2 N–H and O–H groups in total. The molecule has 2 aliphatic heterocycles. The van der Waals surface area contributed by atoms with Crippen LogP contribution in [0.4, 0.5) is 0 Å². The van der Waals surface area contributed by atoms with E-state index in [-0.39, 0.29) is 30.8 Å². The summed E-state index contributed by atoms with van der Waals surface area (Å²) in [5.41, 5.74) is 3.09. The van der Waals surface area contributed by atoms with Crippen LogP contribution in [0.15, 0.2) is 78.9 Å². The Hall–Kier alpha value is -4.10. The second kappa shape index (κ2) is 8.78. The number of hydrogen-bond acceptors (Lipinski definition) is 4. The highest BCUT2D eigenvalue weighted by molar-refractivity contribution is 6.01. The van der Waals surface area contributed by atoms with E-state index in [1.165, 1.54) is 4.90 Å². The molecule has 2 aliphatic rings. The first-order chi connectivity index (χ1) is 17.9. The van der Waals surface area contributed by atoms with Crippen molar-refractivity contribution in [2.75, 3.05) is 26.7 Å². The average Bonchev–Trinajstić information content (AvgIpc) is 3.33. The summed E-state index contributed by atoms with van der Waals surface area (Å²) in [7, 11) is 1.65. The van der Waals surface area contributed by atoms with Crippen LogP contribution in [0.3, 0.4) is 0 Å². The molecule has 0 spiro atoms. The van der Waals surface area contributed by atoms with Gasteiger partial charge in [-0.3, -0.25) is 9.59 Å². The second-order valence-corrected chi connectivity index (χ2v) is 9.94. The number of piperazine rings is 1. The van der Waals surface area contributed by atoms with Crippen LogP contribution in [0.1, 0.15) is 41.3 Å². The van der Waals surface area contributed by atoms with Crippen molar-refractivity contribution in [2.24, 2.45) is 0 Å². The van der Waals surface area contributed by atoms with Crippen LogP contribution < -0.4 is 4.74 Å². The van der Waals surface area contributed by atoms with Gasteiger partial charge in [-0.05, 0) is 30.2 Å². The van der Waals surface area contributed by atoms with Gasteiger partial charge in [-0.15, -0.1) is 0 Å². The molecule has 7 nitrogen and oxygen atoms in total. The van der Waals surface area contributed by atoms with Gasteiger partial charge in [0.15, 0.2) is 5.54 Å². The maximum Gasteiger partial charge on any atom is 0.255 e. The van der Waals surface area contributed by atoms with Crippen LogP contribution in [0.5, 0.6) is 5.75 Å². The third kappa shape index (κ3) is 3.53. The molecular formula is C30H29N3O4. The summed E-state index contributed by atoms with van der Waals surface area (Å²) in [6.07, 6.45) is -0.889. The molecule has 4 aromatic rings. The quantitative estimate of drug-likeness (QED) is 0.439. The maximum absolute atomic E-state index is 14.2. The van der Waals surface area contributed by atoms with Crippen molar-refractivity contribution in [3.63, 3.8) is 0 Å². The van der Waals surface area contributed by atoms with E-state index in [0.717, 1.165) is 27.8 Å². The van der Waals surface area contributed by atoms with Gasteiger partial charge < -0.3 is 24.6 Å². The number of aromatic amines is 1. The molecule has 188 valence electrons. The maximum atomic E-state index is 14.2. The van der Waals surface area contributed by atoms with E-state index in [2.05, 4.69) is 11.1 Å². The summed E-state index contributed by atoms with van der Waals surface area (Å²) in [6, 6.07) is 25.1. The van der Waals surface area contributed by atoms with Crippen molar-refractivity contribution in [1.82, 2.24) is 14.8 Å². The monoisotopic (exact) mass is 495 g/mol. The first kappa shape index (κ1) is 23.3. The summed E-state index contributed by atoms with van der Waals surface area (Å²) in [5, 5.41) is 11.9. The van der Waals surface area contributed by atoms with Gasteiger partial charge in [0.25, 0.3) is 5.91 Å². The number of nitrogens with one attached hydrogen (secondary N) is 1. The topological polar surface area (TPSA) is 85.9 Å². The summed E-state index contributed by atoms with van der Waals surface area (Å²) in [5.74, 6) is 0.226. The Bertz CT molecular complexity index is 1500. The second-order valence-electron chi connectivity index (χ2n) is 9.94. The van der Waals surface area contributed by atoms with E-state index in [9.17, 15) is 14.7 Å². The van der Waals surface area contributed by atoms with Gasteiger partial charge in [-0.1, -0.05) is 66.7 Å². The van der Waals surface area contributed by atoms with Crippen molar-refractivity contribution in [2.45, 2.75) is 24.5 Å². The molecule has 1 fully saturated rings. The molecule has 3 aromatic carbocycles. The first-order valence-electron chi connectivity index (χ1n) is 12.5. The molecule has 1 aromatic heterocycles. The summed E-state index contributed by atoms with van der Waals surface area (Å²) in [4.78, 5) is 34.5. The van der Waals surface area contributed by atoms with Gasteiger partial charge in [-0.25, -0.2) is 0 Å². The van der Waals surface area contributed by atoms with Crippen molar-refractivity contribution in [3.8, 4) is 5.75 Å². The standard InChI is InChI=1S/C30H29N3O4/c1-30-28-27(21-13-6-8-14-23(21)31-28)22(20-12-7-9-15-25(20)37-2)16-33(30)26(35)18-32(29(30)36)17-24(34)19-10-4-3-5-11-19/h3-15,22,24,31,34H,16-18H2,1-2H3/t22-,24-,30-/m0/s1. The molecular weight excluding hydrogens is 466 g/mol. The zero-order chi connectivity index (χ0) is 25.7. The predicted molar refractivity (Wildman–Crippen MR) is 140 cm³/mol. The smallest absolute Gasteiger partial charge is 0.255 e. The van der Waals surface area contributed by atoms with Gasteiger partial charge in [0, 0.05) is 28.9 Å². The highest BCUT2D eigenvalue weighted by Crippen LogP contribution is 2.49. The minimum atomic E-state index is -1.22. The van der Waals surface area contributed by atoms with Gasteiger partial charge >= 0.3 is 0 Å². The Kier molecular flexibility index (Phi) is 5.53. The lowest BCUT2D eigenvalue weighted by atomic mass is 9.76. The largest absolute Gasteiger partial charge is 0.496 e. The van der Waals surface area contributed by atoms with Gasteiger partial charge in [0.1, 0.15) is 5.75 Å². The number of methoxy groups -OCH3 is 1. The average molecular weight is 496 g/mol. The fourth-order valence-corrected chi connectivity index (χ4v) is 6.05. The Morgan fingerprint density at radius 2 is 1.73 bits per heavy atom. The lowest BCUT2D eigenvalue weighted by Gasteiger charge is -2.51. The number of H-pyrrole nitrogens is 1. The fourth-order valence-electron chi connectivity index (χ4n) is 6.05. The van der Waals surface area contributed by atoms with Crippen LogP contribution in [-0.2, 0) is 15.1 Å². The number of amides is 2. The van der Waals surface area contributed by atoms with Gasteiger partial charge in [0.05, 0.1) is 32.0 Å². The first-order valence-corrected chi connectivity index (χ1v) is 12.5. The molecule has 37 heavy (non-hydrogen) atoms. The molecule has 6 rings (SSSR count). The molecule has 0 aliphatic carbocycles. The molecule has 0 bridgehead atoms. The minimum absolute atomic E-state index is 0.0452. The molecule has 7 heteroatoms. The van der Waals surface area contributed by atoms with E-state index in [0.29, 0.717) is 17.8 Å². The number of rotatable bonds is 5. The summed E-state index contributed by atoms with van der Waals surface area (Å²) in [6.45, 7) is 2.14. The van der Waals surface area contributed by atoms with Crippen LogP contribution in [0.2, 0.25) is 0 Å². The Labute approximate surface area is 215 Å². The van der Waals surface area contributed by atoms with Crippen LogP contribution in [0.25, 0.3) is 10.9 Å². The van der Waals surface area contributed by atoms with Crippen molar-refractivity contribution >= 4 is 22.7 Å². The lowest BCUT2D eigenvalue weighted by molar-refractivity contribution is -0.167. The lowest BCUT2D eigenvalue weighted by Crippen LogP contribution is -2.67. The van der Waals surface area contributed by atoms with Crippen LogP contribution in [0, 0.1) is 0 Å². The Morgan fingerprint density at radius 1 is 1.03 bits per heavy atom. The Balaban J connectivity index is 1.48. The molecule has 1 saturated heterocycles. The summed E-state index contributed by atoms with van der Waals surface area (Å²) >= 11 is 0. The number of aliphatic hydroxyl groups excluding tert-OH is 1. The van der Waals surface area contributed by atoms with Crippen molar-refractivity contribution in [3.05, 3.63) is 101 Å². The predicted octanol–water partition coefficient (Wildman–Crippen LogP) is 3.94. The Morgan fingerprint density at radius 3 is 2.51 bits per heavy atom. The van der Waals surface area contributed by atoms with Gasteiger partial charge in [0.2, 0.25) is 5.91 Å². The van der Waals surface area contributed by atoms with Crippen LogP contribution >= 0.6 is 0 Å². The van der Waals surface area contributed by atoms with E-state index in [1.54, 1.807) is 12.0 Å². The zero-order valence-corrected chi connectivity index (χ0v) is 20.8. The molecule has 0 radical (unpaired) electrons. The number of benzene rings is 3. The number of carbonyl (C=O) groups is 2. The third-order valence-corrected chi connectivity index (χ3v) is 7.91. The molecule has 0 saturated carbocycles. The third-order valence-electron chi connectivity index (χ3n) is 7.91. The molecule has 3 heterocycles. The van der Waals surface area contributed by atoms with E-state index < -0.39 is 11.6 Å². The number of ether oxygens (including phenoxy) is 1. The van der Waals surface area contributed by atoms with E-state index >= 15 is 0 Å².